The Labute approximate surface area is 143 Å². The van der Waals surface area contributed by atoms with E-state index in [4.69, 9.17) is 5.11 Å². The van der Waals surface area contributed by atoms with Gasteiger partial charge in [-0.25, -0.2) is 0 Å². The first-order valence-corrected chi connectivity index (χ1v) is 8.20. The molecule has 1 heterocycles. The lowest BCUT2D eigenvalue weighted by atomic mass is 9.86. The summed E-state index contributed by atoms with van der Waals surface area (Å²) >= 11 is 0. The van der Waals surface area contributed by atoms with E-state index in [9.17, 15) is 19.7 Å². The summed E-state index contributed by atoms with van der Waals surface area (Å²) in [7, 11) is 0. The molecule has 1 aliphatic carbocycles. The third kappa shape index (κ3) is 3.78. The number of fused-ring (bicyclic) bond motifs is 1. The summed E-state index contributed by atoms with van der Waals surface area (Å²) in [5.41, 5.74) is 1.44. The average Bonchev–Trinajstić information content (AvgIpc) is 2.97. The number of H-pyrrole nitrogens is 1. The van der Waals surface area contributed by atoms with Crippen LogP contribution < -0.4 is 5.32 Å². The van der Waals surface area contributed by atoms with Crippen molar-refractivity contribution in [2.45, 2.75) is 38.1 Å². The Morgan fingerprint density at radius 1 is 1.28 bits per heavy atom. The highest BCUT2D eigenvalue weighted by atomic mass is 16.6. The SMILES string of the molecule is O=C(Cc1c[nH]c2ccc([N+](=O)[O-])cc12)NC1CCC(C(=O)O)CC1. The fourth-order valence-corrected chi connectivity index (χ4v) is 3.36. The average molecular weight is 345 g/mol. The number of carbonyl (C=O) groups is 2. The molecule has 1 fully saturated rings. The number of benzene rings is 1. The van der Waals surface area contributed by atoms with Gasteiger partial charge in [0.05, 0.1) is 17.3 Å². The van der Waals surface area contributed by atoms with E-state index in [0.29, 0.717) is 36.6 Å². The normalized spacial score (nSPS) is 20.3. The van der Waals surface area contributed by atoms with Crippen molar-refractivity contribution in [2.75, 3.05) is 0 Å². The van der Waals surface area contributed by atoms with Gasteiger partial charge in [0.25, 0.3) is 5.69 Å². The molecule has 0 aliphatic heterocycles. The molecule has 3 N–H and O–H groups in total. The minimum atomic E-state index is -0.773. The van der Waals surface area contributed by atoms with Crippen molar-refractivity contribution < 1.29 is 19.6 Å². The van der Waals surface area contributed by atoms with Gasteiger partial charge in [-0.1, -0.05) is 0 Å². The second-order valence-electron chi connectivity index (χ2n) is 6.43. The van der Waals surface area contributed by atoms with Gasteiger partial charge in [-0.15, -0.1) is 0 Å². The number of aromatic amines is 1. The summed E-state index contributed by atoms with van der Waals surface area (Å²) in [6, 6.07) is 4.50. The fraction of sp³-hybridized carbons (Fsp3) is 0.412. The van der Waals surface area contributed by atoms with Crippen LogP contribution in [0.3, 0.4) is 0 Å². The Morgan fingerprint density at radius 2 is 2.00 bits per heavy atom. The van der Waals surface area contributed by atoms with Crippen molar-refractivity contribution in [2.24, 2.45) is 5.92 Å². The lowest BCUT2D eigenvalue weighted by Gasteiger charge is -2.26. The Balaban J connectivity index is 1.63. The van der Waals surface area contributed by atoms with Crippen molar-refractivity contribution in [1.29, 1.82) is 0 Å². The fourth-order valence-electron chi connectivity index (χ4n) is 3.36. The van der Waals surface area contributed by atoms with Crippen molar-refractivity contribution >= 4 is 28.5 Å². The van der Waals surface area contributed by atoms with E-state index >= 15 is 0 Å². The Kier molecular flexibility index (Phi) is 4.69. The van der Waals surface area contributed by atoms with Gasteiger partial charge in [0.2, 0.25) is 5.91 Å². The second kappa shape index (κ2) is 6.92. The summed E-state index contributed by atoms with van der Waals surface area (Å²) in [5.74, 6) is -1.25. The van der Waals surface area contributed by atoms with Crippen LogP contribution in [-0.4, -0.2) is 32.9 Å². The van der Waals surface area contributed by atoms with Crippen LogP contribution in [0.2, 0.25) is 0 Å². The van der Waals surface area contributed by atoms with E-state index in [1.165, 1.54) is 12.1 Å². The summed E-state index contributed by atoms with van der Waals surface area (Å²) < 4.78 is 0. The Bertz CT molecular complexity index is 821. The summed E-state index contributed by atoms with van der Waals surface area (Å²) in [4.78, 5) is 36.7. The molecule has 1 amide bonds. The molecule has 1 saturated carbocycles. The molecule has 0 radical (unpaired) electrons. The minimum absolute atomic E-state index is 0.0114. The molecule has 0 atom stereocenters. The lowest BCUT2D eigenvalue weighted by molar-refractivity contribution is -0.384. The van der Waals surface area contributed by atoms with Crippen LogP contribution in [0, 0.1) is 16.0 Å². The van der Waals surface area contributed by atoms with Gasteiger partial charge >= 0.3 is 5.97 Å². The molecule has 0 bridgehead atoms. The third-order valence-corrected chi connectivity index (χ3v) is 4.75. The molecule has 3 rings (SSSR count). The summed E-state index contributed by atoms with van der Waals surface area (Å²) in [6.07, 6.45) is 4.26. The zero-order valence-corrected chi connectivity index (χ0v) is 13.5. The maximum atomic E-state index is 12.3. The molecule has 0 spiro atoms. The van der Waals surface area contributed by atoms with E-state index in [-0.39, 0.29) is 30.0 Å². The van der Waals surface area contributed by atoms with Crippen molar-refractivity contribution in [3.63, 3.8) is 0 Å². The standard InChI is InChI=1S/C17H19N3O5/c21-16(19-12-3-1-10(2-4-12)17(22)23)7-11-9-18-15-6-5-13(20(24)25)8-14(11)15/h5-6,8-10,12,18H,1-4,7H2,(H,19,21)(H,22,23). The monoisotopic (exact) mass is 345 g/mol. The maximum absolute atomic E-state index is 12.3. The van der Waals surface area contributed by atoms with E-state index in [1.807, 2.05) is 0 Å². The molecular formula is C17H19N3O5. The van der Waals surface area contributed by atoms with Crippen LogP contribution in [0.1, 0.15) is 31.2 Å². The van der Waals surface area contributed by atoms with E-state index in [2.05, 4.69) is 10.3 Å². The molecular weight excluding hydrogens is 326 g/mol. The van der Waals surface area contributed by atoms with Crippen LogP contribution in [-0.2, 0) is 16.0 Å². The topological polar surface area (TPSA) is 125 Å². The van der Waals surface area contributed by atoms with E-state index in [0.717, 1.165) is 5.52 Å². The number of carbonyl (C=O) groups excluding carboxylic acids is 1. The molecule has 0 saturated heterocycles. The number of amides is 1. The van der Waals surface area contributed by atoms with Crippen molar-refractivity contribution in [3.8, 4) is 0 Å². The highest BCUT2D eigenvalue weighted by Gasteiger charge is 2.26. The predicted octanol–water partition coefficient (Wildman–Crippen LogP) is 2.38. The number of aliphatic carboxylic acids is 1. The second-order valence-corrected chi connectivity index (χ2v) is 6.43. The Hall–Kier alpha value is -2.90. The number of non-ortho nitro benzene ring substituents is 1. The van der Waals surface area contributed by atoms with Crippen LogP contribution in [0.5, 0.6) is 0 Å². The number of hydrogen-bond acceptors (Lipinski definition) is 4. The molecule has 132 valence electrons. The highest BCUT2D eigenvalue weighted by molar-refractivity contribution is 5.90. The summed E-state index contributed by atoms with van der Waals surface area (Å²) in [6.45, 7) is 0. The lowest BCUT2D eigenvalue weighted by Crippen LogP contribution is -2.39. The molecule has 8 nitrogen and oxygen atoms in total. The molecule has 0 unspecified atom stereocenters. The zero-order chi connectivity index (χ0) is 18.0. The van der Waals surface area contributed by atoms with Gasteiger partial charge in [0.1, 0.15) is 0 Å². The third-order valence-electron chi connectivity index (χ3n) is 4.75. The largest absolute Gasteiger partial charge is 0.481 e. The molecule has 2 aromatic rings. The van der Waals surface area contributed by atoms with Crippen LogP contribution in [0.4, 0.5) is 5.69 Å². The number of carboxylic acids is 1. The van der Waals surface area contributed by atoms with Gasteiger partial charge in [-0.05, 0) is 37.3 Å². The summed E-state index contributed by atoms with van der Waals surface area (Å²) in [5, 5.41) is 23.5. The van der Waals surface area contributed by atoms with Gasteiger partial charge in [-0.2, -0.15) is 0 Å². The number of carboxylic acid groups (broad SMARTS) is 1. The maximum Gasteiger partial charge on any atom is 0.306 e. The van der Waals surface area contributed by atoms with Crippen LogP contribution >= 0.6 is 0 Å². The predicted molar refractivity (Wildman–Crippen MR) is 90.2 cm³/mol. The number of nitrogens with zero attached hydrogens (tertiary/aromatic N) is 1. The number of aromatic nitrogens is 1. The number of nitro benzene ring substituents is 1. The van der Waals surface area contributed by atoms with Gasteiger partial charge in [0.15, 0.2) is 0 Å². The smallest absolute Gasteiger partial charge is 0.306 e. The molecule has 25 heavy (non-hydrogen) atoms. The van der Waals surface area contributed by atoms with Crippen molar-refractivity contribution in [3.05, 3.63) is 40.1 Å². The van der Waals surface area contributed by atoms with E-state index < -0.39 is 10.9 Å². The van der Waals surface area contributed by atoms with Gasteiger partial charge < -0.3 is 15.4 Å². The first kappa shape index (κ1) is 16.9. The first-order valence-electron chi connectivity index (χ1n) is 8.20. The van der Waals surface area contributed by atoms with Gasteiger partial charge in [0, 0.05) is 35.3 Å². The zero-order valence-electron chi connectivity index (χ0n) is 13.5. The number of nitro groups is 1. The van der Waals surface area contributed by atoms with Gasteiger partial charge in [-0.3, -0.25) is 19.7 Å². The van der Waals surface area contributed by atoms with E-state index in [1.54, 1.807) is 12.3 Å². The van der Waals surface area contributed by atoms with Crippen molar-refractivity contribution in [1.82, 2.24) is 10.3 Å². The quantitative estimate of drug-likeness (QED) is 0.566. The molecule has 1 aromatic carbocycles. The molecule has 8 heteroatoms. The number of rotatable bonds is 5. The molecule has 1 aliphatic rings. The first-order chi connectivity index (χ1) is 11.9. The van der Waals surface area contributed by atoms with Crippen LogP contribution in [0.25, 0.3) is 10.9 Å². The number of nitrogens with one attached hydrogen (secondary N) is 2. The highest BCUT2D eigenvalue weighted by Crippen LogP contribution is 2.26. The Morgan fingerprint density at radius 3 is 2.64 bits per heavy atom. The molecule has 1 aromatic heterocycles. The minimum Gasteiger partial charge on any atom is -0.481 e. The van der Waals surface area contributed by atoms with Crippen LogP contribution in [0.15, 0.2) is 24.4 Å². The number of hydrogen-bond donors (Lipinski definition) is 3.